The van der Waals surface area contributed by atoms with E-state index in [4.69, 9.17) is 4.74 Å². The number of ether oxygens (including phenoxy) is 1. The number of rotatable bonds is 4. The number of aromatic nitrogens is 4. The first kappa shape index (κ1) is 23.7. The zero-order valence-corrected chi connectivity index (χ0v) is 21.2. The Labute approximate surface area is 212 Å². The molecular formula is C25H27N7O3S. The van der Waals surface area contributed by atoms with Crippen molar-refractivity contribution in [3.05, 3.63) is 60.0 Å². The summed E-state index contributed by atoms with van der Waals surface area (Å²) in [7, 11) is 0. The molecule has 0 spiro atoms. The smallest absolute Gasteiger partial charge is 0.410 e. The maximum atomic E-state index is 13.1. The van der Waals surface area contributed by atoms with Gasteiger partial charge in [0.05, 0.1) is 29.3 Å². The summed E-state index contributed by atoms with van der Waals surface area (Å²) in [6.45, 7) is 7.84. The monoisotopic (exact) mass is 505 g/mol. The molecule has 0 unspecified atom stereocenters. The first-order valence-electron chi connectivity index (χ1n) is 11.7. The highest BCUT2D eigenvalue weighted by Gasteiger charge is 2.27. The maximum Gasteiger partial charge on any atom is 0.410 e. The average molecular weight is 506 g/mol. The third kappa shape index (κ3) is 5.01. The first-order valence-corrected chi connectivity index (χ1v) is 12.5. The number of fused-ring (bicyclic) bond motifs is 1. The van der Waals surface area contributed by atoms with Crippen molar-refractivity contribution in [2.24, 2.45) is 0 Å². The van der Waals surface area contributed by atoms with Gasteiger partial charge in [-0.3, -0.25) is 9.78 Å². The van der Waals surface area contributed by atoms with E-state index in [1.54, 1.807) is 33.6 Å². The Balaban J connectivity index is 1.27. The summed E-state index contributed by atoms with van der Waals surface area (Å²) in [5.74, 6) is -0.324. The van der Waals surface area contributed by atoms with Crippen LogP contribution in [-0.2, 0) is 4.74 Å². The second-order valence-corrected chi connectivity index (χ2v) is 10.3. The van der Waals surface area contributed by atoms with Crippen molar-refractivity contribution < 1.29 is 14.3 Å². The van der Waals surface area contributed by atoms with Gasteiger partial charge in [0.2, 0.25) is 5.13 Å². The molecule has 2 amide bonds. The van der Waals surface area contributed by atoms with Gasteiger partial charge < -0.3 is 19.9 Å². The molecule has 11 heteroatoms. The van der Waals surface area contributed by atoms with Crippen LogP contribution in [0, 0.1) is 0 Å². The number of piperazine rings is 1. The van der Waals surface area contributed by atoms with Crippen molar-refractivity contribution in [1.82, 2.24) is 24.6 Å². The lowest BCUT2D eigenvalue weighted by Crippen LogP contribution is -2.50. The number of hydrogen-bond donors (Lipinski definition) is 1. The van der Waals surface area contributed by atoms with Gasteiger partial charge in [-0.25, -0.2) is 14.5 Å². The van der Waals surface area contributed by atoms with Crippen LogP contribution in [0.25, 0.3) is 16.0 Å². The molecule has 36 heavy (non-hydrogen) atoms. The molecule has 0 radical (unpaired) electrons. The molecule has 0 bridgehead atoms. The number of para-hydroxylation sites is 1. The summed E-state index contributed by atoms with van der Waals surface area (Å²) >= 11 is 1.35. The molecule has 0 saturated carbocycles. The standard InChI is InChI=1S/C25H27N7O3S/c1-25(2,3)35-24(34)31-12-10-30(11-13-31)21-8-9-26-15-18(21)28-22(33)19-16-36-23(29-19)32-20-7-5-4-6-17(20)14-27-32/h4-9,14-16H,10-13H2,1-3H3,(H,28,33). The van der Waals surface area contributed by atoms with Crippen molar-refractivity contribution in [3.63, 3.8) is 0 Å². The van der Waals surface area contributed by atoms with E-state index in [1.807, 2.05) is 51.1 Å². The van der Waals surface area contributed by atoms with Gasteiger partial charge in [-0.2, -0.15) is 5.10 Å². The maximum absolute atomic E-state index is 13.1. The van der Waals surface area contributed by atoms with Crippen molar-refractivity contribution >= 4 is 45.6 Å². The molecule has 1 aliphatic heterocycles. The molecule has 1 saturated heterocycles. The van der Waals surface area contributed by atoms with Crippen LogP contribution in [0.15, 0.2) is 54.3 Å². The van der Waals surface area contributed by atoms with Crippen LogP contribution in [0.4, 0.5) is 16.2 Å². The van der Waals surface area contributed by atoms with Crippen LogP contribution in [0.3, 0.4) is 0 Å². The molecule has 10 nitrogen and oxygen atoms in total. The van der Waals surface area contributed by atoms with Gasteiger partial charge in [0.25, 0.3) is 5.91 Å². The van der Waals surface area contributed by atoms with Crippen LogP contribution in [0.2, 0.25) is 0 Å². The van der Waals surface area contributed by atoms with Gasteiger partial charge in [-0.15, -0.1) is 11.3 Å². The van der Waals surface area contributed by atoms with E-state index in [0.29, 0.717) is 42.7 Å². The fourth-order valence-corrected chi connectivity index (χ4v) is 4.77. The Morgan fingerprint density at radius 1 is 1.06 bits per heavy atom. The summed E-state index contributed by atoms with van der Waals surface area (Å²) < 4.78 is 7.22. The normalized spacial score (nSPS) is 14.2. The Hall–Kier alpha value is -3.99. The first-order chi connectivity index (χ1) is 17.3. The van der Waals surface area contributed by atoms with Crippen molar-refractivity contribution in [2.45, 2.75) is 26.4 Å². The van der Waals surface area contributed by atoms with Gasteiger partial charge >= 0.3 is 6.09 Å². The fourth-order valence-electron chi connectivity index (χ4n) is 3.99. The predicted octanol–water partition coefficient (Wildman–Crippen LogP) is 4.19. The van der Waals surface area contributed by atoms with Crippen molar-refractivity contribution in [3.8, 4) is 5.13 Å². The lowest BCUT2D eigenvalue weighted by Gasteiger charge is -2.37. The Kier molecular flexibility index (Phi) is 6.31. The summed E-state index contributed by atoms with van der Waals surface area (Å²) in [6.07, 6.45) is 4.78. The molecule has 0 aliphatic carbocycles. The molecule has 1 fully saturated rings. The molecule has 1 N–H and O–H groups in total. The molecule has 1 aromatic carbocycles. The van der Waals surface area contributed by atoms with E-state index in [9.17, 15) is 9.59 Å². The summed E-state index contributed by atoms with van der Waals surface area (Å²) in [4.78, 5) is 38.0. The average Bonchev–Trinajstić information content (AvgIpc) is 3.51. The minimum atomic E-state index is -0.531. The van der Waals surface area contributed by atoms with Crippen LogP contribution >= 0.6 is 11.3 Å². The molecule has 186 valence electrons. The number of amides is 2. The molecule has 3 aromatic heterocycles. The lowest BCUT2D eigenvalue weighted by atomic mass is 10.2. The summed E-state index contributed by atoms with van der Waals surface area (Å²) in [5, 5.41) is 10.7. The third-order valence-electron chi connectivity index (χ3n) is 5.70. The second-order valence-electron chi connectivity index (χ2n) is 9.43. The quantitative estimate of drug-likeness (QED) is 0.443. The van der Waals surface area contributed by atoms with Crippen LogP contribution < -0.4 is 10.2 Å². The van der Waals surface area contributed by atoms with Gasteiger partial charge in [0, 0.05) is 43.1 Å². The van der Waals surface area contributed by atoms with Gasteiger partial charge in [-0.1, -0.05) is 18.2 Å². The number of carbonyl (C=O) groups excluding carboxylic acids is 2. The van der Waals surface area contributed by atoms with Gasteiger partial charge in [0.15, 0.2) is 0 Å². The Morgan fingerprint density at radius 3 is 2.61 bits per heavy atom. The van der Waals surface area contributed by atoms with E-state index in [2.05, 4.69) is 25.3 Å². The van der Waals surface area contributed by atoms with E-state index < -0.39 is 5.60 Å². The van der Waals surface area contributed by atoms with E-state index >= 15 is 0 Å². The molecule has 4 aromatic rings. The third-order valence-corrected chi connectivity index (χ3v) is 6.52. The van der Waals surface area contributed by atoms with E-state index in [-0.39, 0.29) is 12.0 Å². The fraction of sp³-hybridized carbons (Fsp3) is 0.320. The minimum absolute atomic E-state index is 0.305. The summed E-state index contributed by atoms with van der Waals surface area (Å²) in [6, 6.07) is 9.71. The van der Waals surface area contributed by atoms with Gasteiger partial charge in [0.1, 0.15) is 11.3 Å². The summed E-state index contributed by atoms with van der Waals surface area (Å²) in [5.41, 5.74) is 2.14. The predicted molar refractivity (Wildman–Crippen MR) is 139 cm³/mol. The van der Waals surface area contributed by atoms with Gasteiger partial charge in [-0.05, 0) is 32.9 Å². The SMILES string of the molecule is CC(C)(C)OC(=O)N1CCN(c2ccncc2NC(=O)c2csc(-n3ncc4ccccc43)n2)CC1. The van der Waals surface area contributed by atoms with Crippen LogP contribution in [-0.4, -0.2) is 68.4 Å². The Morgan fingerprint density at radius 2 is 1.83 bits per heavy atom. The zero-order chi connectivity index (χ0) is 25.3. The molecule has 0 atom stereocenters. The Bertz CT molecular complexity index is 1400. The van der Waals surface area contributed by atoms with Crippen molar-refractivity contribution in [1.29, 1.82) is 0 Å². The number of carbonyl (C=O) groups is 2. The molecular weight excluding hydrogens is 478 g/mol. The zero-order valence-electron chi connectivity index (χ0n) is 20.3. The second kappa shape index (κ2) is 9.57. The number of anilines is 2. The lowest BCUT2D eigenvalue weighted by molar-refractivity contribution is 0.0240. The largest absolute Gasteiger partial charge is 0.444 e. The van der Waals surface area contributed by atoms with E-state index in [1.165, 1.54) is 11.3 Å². The van der Waals surface area contributed by atoms with Crippen molar-refractivity contribution in [2.75, 3.05) is 36.4 Å². The number of pyridine rings is 1. The molecule has 5 rings (SSSR count). The number of nitrogens with zero attached hydrogens (tertiary/aromatic N) is 6. The highest BCUT2D eigenvalue weighted by molar-refractivity contribution is 7.12. The van der Waals surface area contributed by atoms with E-state index in [0.717, 1.165) is 16.6 Å². The van der Waals surface area contributed by atoms with Crippen LogP contribution in [0.5, 0.6) is 0 Å². The topological polar surface area (TPSA) is 105 Å². The number of hydrogen-bond acceptors (Lipinski definition) is 8. The number of nitrogens with one attached hydrogen (secondary N) is 1. The van der Waals surface area contributed by atoms with Crippen LogP contribution in [0.1, 0.15) is 31.3 Å². The highest BCUT2D eigenvalue weighted by Crippen LogP contribution is 2.27. The highest BCUT2D eigenvalue weighted by atomic mass is 32.1. The number of benzene rings is 1. The number of thiazole rings is 1. The minimum Gasteiger partial charge on any atom is -0.444 e. The molecule has 4 heterocycles. The molecule has 1 aliphatic rings.